The fourth-order valence-electron chi connectivity index (χ4n) is 2.36. The van der Waals surface area contributed by atoms with E-state index in [1.54, 1.807) is 0 Å². The van der Waals surface area contributed by atoms with Crippen LogP contribution in [0, 0.1) is 0 Å². The summed E-state index contributed by atoms with van der Waals surface area (Å²) in [7, 11) is 0. The molecule has 0 bridgehead atoms. The van der Waals surface area contributed by atoms with Gasteiger partial charge < -0.3 is 4.90 Å². The number of hydrogen-bond acceptors (Lipinski definition) is 4. The summed E-state index contributed by atoms with van der Waals surface area (Å²) in [6, 6.07) is 4.85. The van der Waals surface area contributed by atoms with Crippen molar-refractivity contribution >= 4 is 5.82 Å². The molecule has 0 atom stereocenters. The number of anilines is 1. The van der Waals surface area contributed by atoms with Crippen LogP contribution in [0.1, 0.15) is 40.3 Å². The van der Waals surface area contributed by atoms with Crippen molar-refractivity contribution in [1.82, 2.24) is 15.1 Å². The van der Waals surface area contributed by atoms with E-state index in [-0.39, 0.29) is 5.41 Å². The molecule has 1 aromatic rings. The van der Waals surface area contributed by atoms with Crippen molar-refractivity contribution in [3.8, 4) is 0 Å². The highest BCUT2D eigenvalue weighted by atomic mass is 15.3. The lowest BCUT2D eigenvalue weighted by molar-refractivity contribution is 0.209. The van der Waals surface area contributed by atoms with Crippen molar-refractivity contribution in [1.29, 1.82) is 0 Å². The van der Waals surface area contributed by atoms with Crippen LogP contribution in [0.15, 0.2) is 12.1 Å². The van der Waals surface area contributed by atoms with Crippen LogP contribution in [0.2, 0.25) is 0 Å². The van der Waals surface area contributed by atoms with Crippen molar-refractivity contribution in [2.75, 3.05) is 31.1 Å². The first-order valence-electron chi connectivity index (χ1n) is 7.21. The second kappa shape index (κ2) is 5.45. The molecule has 0 saturated carbocycles. The highest BCUT2D eigenvalue weighted by Gasteiger charge is 2.21. The quantitative estimate of drug-likeness (QED) is 0.818. The van der Waals surface area contributed by atoms with Gasteiger partial charge in [0.2, 0.25) is 0 Å². The summed E-state index contributed by atoms with van der Waals surface area (Å²) in [5.41, 5.74) is 1.12. The molecule has 19 heavy (non-hydrogen) atoms. The number of piperazine rings is 1. The summed E-state index contributed by atoms with van der Waals surface area (Å²) in [4.78, 5) is 4.84. The van der Waals surface area contributed by atoms with E-state index < -0.39 is 0 Å². The Morgan fingerprint density at radius 3 is 2.05 bits per heavy atom. The molecule has 1 saturated heterocycles. The topological polar surface area (TPSA) is 32.3 Å². The van der Waals surface area contributed by atoms with Crippen molar-refractivity contribution in [3.63, 3.8) is 0 Å². The zero-order valence-corrected chi connectivity index (χ0v) is 12.8. The fourth-order valence-corrected chi connectivity index (χ4v) is 2.36. The van der Waals surface area contributed by atoms with Crippen molar-refractivity contribution in [2.45, 2.75) is 46.1 Å². The second-order valence-corrected chi connectivity index (χ2v) is 6.64. The van der Waals surface area contributed by atoms with Crippen LogP contribution in [0.5, 0.6) is 0 Å². The Kier molecular flexibility index (Phi) is 4.09. The number of nitrogens with zero attached hydrogens (tertiary/aromatic N) is 4. The van der Waals surface area contributed by atoms with Crippen LogP contribution < -0.4 is 4.90 Å². The lowest BCUT2D eigenvalue weighted by Crippen LogP contribution is -2.49. The van der Waals surface area contributed by atoms with Gasteiger partial charge in [-0.1, -0.05) is 20.8 Å². The molecule has 0 aliphatic carbocycles. The molecule has 0 radical (unpaired) electrons. The van der Waals surface area contributed by atoms with Crippen molar-refractivity contribution in [2.24, 2.45) is 0 Å². The maximum atomic E-state index is 4.40. The summed E-state index contributed by atoms with van der Waals surface area (Å²) in [6.45, 7) is 15.3. The number of hydrogen-bond donors (Lipinski definition) is 0. The molecule has 0 N–H and O–H groups in total. The van der Waals surface area contributed by atoms with Crippen LogP contribution >= 0.6 is 0 Å². The smallest absolute Gasteiger partial charge is 0.151 e. The first-order chi connectivity index (χ1) is 8.88. The van der Waals surface area contributed by atoms with E-state index in [9.17, 15) is 0 Å². The molecule has 106 valence electrons. The van der Waals surface area contributed by atoms with Gasteiger partial charge in [0.1, 0.15) is 0 Å². The largest absolute Gasteiger partial charge is 0.353 e. The highest BCUT2D eigenvalue weighted by molar-refractivity contribution is 5.38. The third kappa shape index (κ3) is 3.44. The molecular weight excluding hydrogens is 236 g/mol. The summed E-state index contributed by atoms with van der Waals surface area (Å²) in [6.07, 6.45) is 0. The number of rotatable bonds is 2. The summed E-state index contributed by atoms with van der Waals surface area (Å²) >= 11 is 0. The molecule has 2 rings (SSSR count). The van der Waals surface area contributed by atoms with E-state index in [0.29, 0.717) is 6.04 Å². The van der Waals surface area contributed by atoms with E-state index in [1.165, 1.54) is 0 Å². The van der Waals surface area contributed by atoms with Crippen molar-refractivity contribution < 1.29 is 0 Å². The van der Waals surface area contributed by atoms with Gasteiger partial charge in [-0.3, -0.25) is 4.90 Å². The lowest BCUT2D eigenvalue weighted by atomic mass is 9.92. The summed E-state index contributed by atoms with van der Waals surface area (Å²) in [5.74, 6) is 1.01. The highest BCUT2D eigenvalue weighted by Crippen LogP contribution is 2.21. The normalized spacial score (nSPS) is 18.1. The molecular formula is C15H26N4. The Balaban J connectivity index is 2.00. The molecule has 2 heterocycles. The molecule has 0 aromatic carbocycles. The second-order valence-electron chi connectivity index (χ2n) is 6.64. The molecule has 4 nitrogen and oxygen atoms in total. The lowest BCUT2D eigenvalue weighted by Gasteiger charge is -2.37. The van der Waals surface area contributed by atoms with E-state index in [2.05, 4.69) is 66.7 Å². The molecule has 0 spiro atoms. The van der Waals surface area contributed by atoms with Crippen LogP contribution in [0.25, 0.3) is 0 Å². The third-order valence-electron chi connectivity index (χ3n) is 3.79. The fraction of sp³-hybridized carbons (Fsp3) is 0.733. The van der Waals surface area contributed by atoms with E-state index >= 15 is 0 Å². The van der Waals surface area contributed by atoms with Gasteiger partial charge in [-0.2, -0.15) is 5.10 Å². The Morgan fingerprint density at radius 1 is 1.00 bits per heavy atom. The van der Waals surface area contributed by atoms with Crippen LogP contribution in [0.3, 0.4) is 0 Å². The van der Waals surface area contributed by atoms with Gasteiger partial charge in [-0.25, -0.2) is 0 Å². The number of aromatic nitrogens is 2. The van der Waals surface area contributed by atoms with E-state index in [4.69, 9.17) is 0 Å². The zero-order chi connectivity index (χ0) is 14.0. The minimum absolute atomic E-state index is 0.0713. The maximum absolute atomic E-state index is 4.40. The maximum Gasteiger partial charge on any atom is 0.151 e. The Bertz CT molecular complexity index is 397. The SMILES string of the molecule is CC(C)N1CCN(c2ccc(C(C)(C)C)nn2)CC1. The molecule has 1 aromatic heterocycles. The molecule has 1 aliphatic heterocycles. The van der Waals surface area contributed by atoms with Gasteiger partial charge in [-0.05, 0) is 26.0 Å². The molecule has 0 unspecified atom stereocenters. The van der Waals surface area contributed by atoms with Crippen molar-refractivity contribution in [3.05, 3.63) is 17.8 Å². The molecule has 0 amide bonds. The first-order valence-corrected chi connectivity index (χ1v) is 7.21. The molecule has 1 fully saturated rings. The minimum atomic E-state index is 0.0713. The van der Waals surface area contributed by atoms with Crippen LogP contribution in [0.4, 0.5) is 5.82 Å². The van der Waals surface area contributed by atoms with E-state index in [1.807, 2.05) is 0 Å². The standard InChI is InChI=1S/C15H26N4/c1-12(2)18-8-10-19(11-9-18)14-7-6-13(16-17-14)15(3,4)5/h6-7,12H,8-11H2,1-5H3. The summed E-state index contributed by atoms with van der Waals surface area (Å²) in [5, 5.41) is 8.77. The van der Waals surface area contributed by atoms with Crippen LogP contribution in [-0.4, -0.2) is 47.3 Å². The predicted molar refractivity (Wildman–Crippen MR) is 79.7 cm³/mol. The van der Waals surface area contributed by atoms with Gasteiger partial charge in [0, 0.05) is 37.6 Å². The Labute approximate surface area is 116 Å². The average Bonchev–Trinajstić information content (AvgIpc) is 2.38. The van der Waals surface area contributed by atoms with Gasteiger partial charge in [0.15, 0.2) is 5.82 Å². The minimum Gasteiger partial charge on any atom is -0.353 e. The van der Waals surface area contributed by atoms with Gasteiger partial charge in [-0.15, -0.1) is 5.10 Å². The zero-order valence-electron chi connectivity index (χ0n) is 12.8. The Morgan fingerprint density at radius 2 is 1.63 bits per heavy atom. The summed E-state index contributed by atoms with van der Waals surface area (Å²) < 4.78 is 0. The van der Waals surface area contributed by atoms with E-state index in [0.717, 1.165) is 37.7 Å². The monoisotopic (exact) mass is 262 g/mol. The first kappa shape index (κ1) is 14.3. The third-order valence-corrected chi connectivity index (χ3v) is 3.79. The van der Waals surface area contributed by atoms with Gasteiger partial charge in [0.25, 0.3) is 0 Å². The molecule has 4 heteroatoms. The van der Waals surface area contributed by atoms with Crippen LogP contribution in [-0.2, 0) is 5.41 Å². The van der Waals surface area contributed by atoms with Gasteiger partial charge in [0.05, 0.1) is 5.69 Å². The van der Waals surface area contributed by atoms with Gasteiger partial charge >= 0.3 is 0 Å². The predicted octanol–water partition coefficient (Wildman–Crippen LogP) is 2.30. The molecule has 1 aliphatic rings. The average molecular weight is 262 g/mol. The Hall–Kier alpha value is -1.16.